The number of ether oxygens (including phenoxy) is 1. The van der Waals surface area contributed by atoms with E-state index in [9.17, 15) is 13.2 Å². The Balaban J connectivity index is 1.67. The number of benzene rings is 1. The summed E-state index contributed by atoms with van der Waals surface area (Å²) in [6, 6.07) is 7.58. The van der Waals surface area contributed by atoms with Gasteiger partial charge in [-0.2, -0.15) is 13.2 Å². The maximum atomic E-state index is 12.9. The number of likely N-dealkylation sites (N-methyl/N-ethyl adjacent to an activating group) is 1. The summed E-state index contributed by atoms with van der Waals surface area (Å²) in [5.74, 6) is 1.27. The van der Waals surface area contributed by atoms with E-state index < -0.39 is 11.7 Å². The highest BCUT2D eigenvalue weighted by molar-refractivity contribution is 5.41. The first-order chi connectivity index (χ1) is 12.9. The Morgan fingerprint density at radius 2 is 2.07 bits per heavy atom. The van der Waals surface area contributed by atoms with Gasteiger partial charge in [-0.1, -0.05) is 18.2 Å². The molecule has 0 spiro atoms. The number of rotatable bonds is 5. The van der Waals surface area contributed by atoms with Crippen molar-refractivity contribution in [2.45, 2.75) is 31.6 Å². The molecule has 0 radical (unpaired) electrons. The summed E-state index contributed by atoms with van der Waals surface area (Å²) in [6.45, 7) is 2.13. The number of hydrogen-bond donors (Lipinski definition) is 0. The van der Waals surface area contributed by atoms with E-state index >= 15 is 0 Å². The second kappa shape index (κ2) is 8.12. The number of alkyl halides is 3. The van der Waals surface area contributed by atoms with Gasteiger partial charge in [0, 0.05) is 32.2 Å². The maximum absolute atomic E-state index is 12.9. The van der Waals surface area contributed by atoms with Crippen molar-refractivity contribution in [2.24, 2.45) is 0 Å². The Hall–Kier alpha value is -2.35. The molecule has 0 aliphatic carbocycles. The van der Waals surface area contributed by atoms with E-state index in [1.54, 1.807) is 19.2 Å². The Morgan fingerprint density at radius 1 is 1.26 bits per heavy atom. The summed E-state index contributed by atoms with van der Waals surface area (Å²) in [5, 5.41) is 0. The van der Waals surface area contributed by atoms with Crippen LogP contribution in [0.1, 0.15) is 24.0 Å². The van der Waals surface area contributed by atoms with Gasteiger partial charge in [0.25, 0.3) is 0 Å². The average Bonchev–Trinajstić information content (AvgIpc) is 2.67. The first-order valence-corrected chi connectivity index (χ1v) is 8.84. The van der Waals surface area contributed by atoms with Gasteiger partial charge in [0.15, 0.2) is 0 Å². The monoisotopic (exact) mass is 380 g/mol. The predicted octanol–water partition coefficient (Wildman–Crippen LogP) is 3.60. The number of aromatic nitrogens is 2. The fourth-order valence-electron chi connectivity index (χ4n) is 3.42. The maximum Gasteiger partial charge on any atom is 0.416 e. The Kier molecular flexibility index (Phi) is 5.84. The quantitative estimate of drug-likeness (QED) is 0.793. The lowest BCUT2D eigenvalue weighted by Crippen LogP contribution is -2.46. The molecule has 8 heteroatoms. The molecule has 2 heterocycles. The van der Waals surface area contributed by atoms with Crippen molar-refractivity contribution in [1.29, 1.82) is 0 Å². The normalized spacial score (nSPS) is 18.3. The highest BCUT2D eigenvalue weighted by atomic mass is 19.4. The molecule has 3 rings (SSSR count). The van der Waals surface area contributed by atoms with Crippen LogP contribution in [0.5, 0.6) is 5.88 Å². The molecular weight excluding hydrogens is 357 g/mol. The zero-order valence-electron chi connectivity index (χ0n) is 15.4. The van der Waals surface area contributed by atoms with Gasteiger partial charge < -0.3 is 9.64 Å². The highest BCUT2D eigenvalue weighted by Gasteiger charge is 2.31. The third-order valence-electron chi connectivity index (χ3n) is 4.89. The zero-order valence-corrected chi connectivity index (χ0v) is 15.4. The molecule has 0 amide bonds. The van der Waals surface area contributed by atoms with Crippen LogP contribution in [0, 0.1) is 0 Å². The van der Waals surface area contributed by atoms with Crippen LogP contribution in [-0.4, -0.2) is 48.2 Å². The number of hydrogen-bond acceptors (Lipinski definition) is 5. The zero-order chi connectivity index (χ0) is 19.4. The number of anilines is 1. The van der Waals surface area contributed by atoms with E-state index in [-0.39, 0.29) is 6.04 Å². The van der Waals surface area contributed by atoms with Crippen LogP contribution in [0.25, 0.3) is 0 Å². The van der Waals surface area contributed by atoms with Crippen molar-refractivity contribution in [3.63, 3.8) is 0 Å². The van der Waals surface area contributed by atoms with Crippen molar-refractivity contribution < 1.29 is 17.9 Å². The third-order valence-corrected chi connectivity index (χ3v) is 4.89. The SMILES string of the molecule is COc1cc(N(C)C2CCCN(Cc3cccc(C(F)(F)F)c3)C2)ncn1. The van der Waals surface area contributed by atoms with Gasteiger partial charge in [-0.3, -0.25) is 4.90 Å². The minimum Gasteiger partial charge on any atom is -0.481 e. The topological polar surface area (TPSA) is 41.5 Å². The van der Waals surface area contributed by atoms with Crippen LogP contribution < -0.4 is 9.64 Å². The van der Waals surface area contributed by atoms with Crippen molar-refractivity contribution in [2.75, 3.05) is 32.1 Å². The van der Waals surface area contributed by atoms with Gasteiger partial charge in [-0.25, -0.2) is 9.97 Å². The Bertz CT molecular complexity index is 769. The largest absolute Gasteiger partial charge is 0.481 e. The fourth-order valence-corrected chi connectivity index (χ4v) is 3.42. The lowest BCUT2D eigenvalue weighted by Gasteiger charge is -2.38. The summed E-state index contributed by atoms with van der Waals surface area (Å²) in [6.07, 6.45) is -0.862. The number of nitrogens with zero attached hydrogens (tertiary/aromatic N) is 4. The van der Waals surface area contributed by atoms with E-state index in [1.807, 2.05) is 7.05 Å². The van der Waals surface area contributed by atoms with Gasteiger partial charge in [0.1, 0.15) is 12.1 Å². The number of halogens is 3. The van der Waals surface area contributed by atoms with Crippen molar-refractivity contribution in [1.82, 2.24) is 14.9 Å². The summed E-state index contributed by atoms with van der Waals surface area (Å²) in [7, 11) is 3.53. The first-order valence-electron chi connectivity index (χ1n) is 8.84. The minimum absolute atomic E-state index is 0.226. The molecule has 1 aliphatic heterocycles. The second-order valence-corrected chi connectivity index (χ2v) is 6.76. The molecule has 5 nitrogen and oxygen atoms in total. The van der Waals surface area contributed by atoms with Crippen LogP contribution >= 0.6 is 0 Å². The van der Waals surface area contributed by atoms with E-state index in [0.717, 1.165) is 37.8 Å². The molecule has 1 unspecified atom stereocenters. The molecule has 0 saturated carbocycles. The molecule has 1 aliphatic rings. The van der Waals surface area contributed by atoms with Gasteiger partial charge in [0.2, 0.25) is 5.88 Å². The van der Waals surface area contributed by atoms with E-state index in [2.05, 4.69) is 19.8 Å². The van der Waals surface area contributed by atoms with E-state index in [4.69, 9.17) is 4.74 Å². The summed E-state index contributed by atoms with van der Waals surface area (Å²) in [4.78, 5) is 12.6. The molecule has 27 heavy (non-hydrogen) atoms. The van der Waals surface area contributed by atoms with Crippen LogP contribution in [0.4, 0.5) is 19.0 Å². The van der Waals surface area contributed by atoms with Gasteiger partial charge in [-0.05, 0) is 31.0 Å². The number of methoxy groups -OCH3 is 1. The lowest BCUT2D eigenvalue weighted by atomic mass is 10.0. The van der Waals surface area contributed by atoms with Crippen LogP contribution in [0.2, 0.25) is 0 Å². The molecule has 1 fully saturated rings. The molecule has 1 saturated heterocycles. The van der Waals surface area contributed by atoms with Crippen LogP contribution in [0.15, 0.2) is 36.7 Å². The second-order valence-electron chi connectivity index (χ2n) is 6.76. The summed E-state index contributed by atoms with van der Waals surface area (Å²) >= 11 is 0. The number of piperidine rings is 1. The molecule has 2 aromatic rings. The summed E-state index contributed by atoms with van der Waals surface area (Å²) in [5.41, 5.74) is 0.0793. The Labute approximate surface area is 156 Å². The summed E-state index contributed by atoms with van der Waals surface area (Å²) < 4.78 is 43.9. The van der Waals surface area contributed by atoms with Crippen LogP contribution in [-0.2, 0) is 12.7 Å². The standard InChI is InChI=1S/C19H23F3N4O/c1-25(17-10-18(27-2)24-13-23-17)16-7-4-8-26(12-16)11-14-5-3-6-15(9-14)19(20,21)22/h3,5-6,9-10,13,16H,4,7-8,11-12H2,1-2H3. The third kappa shape index (κ3) is 4.88. The van der Waals surface area contributed by atoms with Crippen molar-refractivity contribution in [3.8, 4) is 5.88 Å². The van der Waals surface area contributed by atoms with Crippen molar-refractivity contribution >= 4 is 5.82 Å². The van der Waals surface area contributed by atoms with Gasteiger partial charge in [-0.15, -0.1) is 0 Å². The molecule has 0 N–H and O–H groups in total. The number of likely N-dealkylation sites (tertiary alicyclic amines) is 1. The Morgan fingerprint density at radius 3 is 2.81 bits per heavy atom. The molecule has 146 valence electrons. The molecule has 0 bridgehead atoms. The molecule has 1 atom stereocenters. The average molecular weight is 380 g/mol. The highest BCUT2D eigenvalue weighted by Crippen LogP contribution is 2.30. The smallest absolute Gasteiger partial charge is 0.416 e. The predicted molar refractivity (Wildman–Crippen MR) is 96.7 cm³/mol. The van der Waals surface area contributed by atoms with Gasteiger partial charge >= 0.3 is 6.18 Å². The van der Waals surface area contributed by atoms with Crippen LogP contribution in [0.3, 0.4) is 0 Å². The fraction of sp³-hybridized carbons (Fsp3) is 0.474. The molecular formula is C19H23F3N4O. The van der Waals surface area contributed by atoms with Gasteiger partial charge in [0.05, 0.1) is 12.7 Å². The van der Waals surface area contributed by atoms with Crippen molar-refractivity contribution in [3.05, 3.63) is 47.8 Å². The molecule has 1 aromatic carbocycles. The lowest BCUT2D eigenvalue weighted by molar-refractivity contribution is -0.137. The minimum atomic E-state index is -4.31. The first kappa shape index (κ1) is 19.4. The van der Waals surface area contributed by atoms with E-state index in [1.165, 1.54) is 18.5 Å². The van der Waals surface area contributed by atoms with E-state index in [0.29, 0.717) is 18.0 Å². The molecule has 1 aromatic heterocycles.